The number of hydrogen-bond donors (Lipinski definition) is 1. The van der Waals surface area contributed by atoms with E-state index in [0.717, 1.165) is 11.0 Å². The molecule has 1 heterocycles. The van der Waals surface area contributed by atoms with Crippen LogP contribution in [0.4, 0.5) is 15.8 Å². The number of amides is 2. The second-order valence-electron chi connectivity index (χ2n) is 5.71. The lowest BCUT2D eigenvalue weighted by atomic mass is 10.0. The first-order valence-corrected chi connectivity index (χ1v) is 8.11. The van der Waals surface area contributed by atoms with E-state index in [9.17, 15) is 24.1 Å². The molecular formula is C18H12FN3O4S. The number of nitrogens with zero attached hydrogens (tertiary/aromatic N) is 2. The minimum Gasteiger partial charge on any atom is -0.298 e. The normalized spacial score (nSPS) is 15.9. The van der Waals surface area contributed by atoms with Crippen LogP contribution in [0.25, 0.3) is 6.08 Å². The number of aryl methyl sites for hydroxylation is 1. The van der Waals surface area contributed by atoms with Gasteiger partial charge in [0.25, 0.3) is 17.5 Å². The predicted octanol–water partition coefficient (Wildman–Crippen LogP) is 2.87. The Morgan fingerprint density at radius 1 is 1.22 bits per heavy atom. The average molecular weight is 385 g/mol. The van der Waals surface area contributed by atoms with Gasteiger partial charge in [0.05, 0.1) is 10.6 Å². The minimum atomic E-state index is -0.822. The monoisotopic (exact) mass is 385 g/mol. The lowest BCUT2D eigenvalue weighted by Gasteiger charge is -2.29. The van der Waals surface area contributed by atoms with Crippen molar-refractivity contribution in [3.63, 3.8) is 0 Å². The molecule has 2 aromatic carbocycles. The van der Waals surface area contributed by atoms with Gasteiger partial charge in [0, 0.05) is 11.6 Å². The molecule has 3 rings (SSSR count). The van der Waals surface area contributed by atoms with Crippen LogP contribution in [-0.4, -0.2) is 21.9 Å². The Balaban J connectivity index is 2.06. The standard InChI is InChI=1S/C18H12FN3O4S/c1-10-6-7-11(9-15(10)22(25)26)8-12-16(23)20-18(27)21(17(12)24)14-5-3-2-4-13(14)19/h2-9H,1H3,(H,20,23,27)/b12-8+. The Kier molecular flexibility index (Phi) is 4.78. The van der Waals surface area contributed by atoms with Gasteiger partial charge in [0.2, 0.25) is 0 Å². The summed E-state index contributed by atoms with van der Waals surface area (Å²) < 4.78 is 14.1. The number of nitro benzene ring substituents is 1. The number of rotatable bonds is 3. The van der Waals surface area contributed by atoms with Gasteiger partial charge in [-0.05, 0) is 42.9 Å². The van der Waals surface area contributed by atoms with Crippen LogP contribution >= 0.6 is 12.2 Å². The molecule has 0 bridgehead atoms. The highest BCUT2D eigenvalue weighted by Crippen LogP contribution is 2.26. The first-order chi connectivity index (χ1) is 12.8. The van der Waals surface area contributed by atoms with E-state index in [-0.39, 0.29) is 27.6 Å². The smallest absolute Gasteiger partial charge is 0.272 e. The zero-order valence-electron chi connectivity index (χ0n) is 13.9. The molecule has 0 spiro atoms. The van der Waals surface area contributed by atoms with Crippen LogP contribution in [-0.2, 0) is 9.59 Å². The molecule has 27 heavy (non-hydrogen) atoms. The fraction of sp³-hybridized carbons (Fsp3) is 0.0556. The van der Waals surface area contributed by atoms with Crippen molar-refractivity contribution in [2.75, 3.05) is 4.90 Å². The third kappa shape index (κ3) is 3.44. The van der Waals surface area contributed by atoms with Crippen LogP contribution in [0, 0.1) is 22.9 Å². The second-order valence-corrected chi connectivity index (χ2v) is 6.10. The van der Waals surface area contributed by atoms with Crippen LogP contribution in [0.1, 0.15) is 11.1 Å². The van der Waals surface area contributed by atoms with Crippen LogP contribution in [0.2, 0.25) is 0 Å². The molecule has 2 aromatic rings. The number of nitrogens with one attached hydrogen (secondary N) is 1. The number of nitro groups is 1. The third-order valence-corrected chi connectivity index (χ3v) is 4.22. The summed E-state index contributed by atoms with van der Waals surface area (Å²) in [5.74, 6) is -2.27. The lowest BCUT2D eigenvalue weighted by molar-refractivity contribution is -0.385. The van der Waals surface area contributed by atoms with Gasteiger partial charge in [0.15, 0.2) is 5.11 Å². The zero-order valence-corrected chi connectivity index (χ0v) is 14.7. The van der Waals surface area contributed by atoms with Gasteiger partial charge in [-0.15, -0.1) is 0 Å². The van der Waals surface area contributed by atoms with Crippen LogP contribution in [0.3, 0.4) is 0 Å². The Bertz CT molecular complexity index is 1040. The van der Waals surface area contributed by atoms with Crippen molar-refractivity contribution in [1.82, 2.24) is 5.32 Å². The summed E-state index contributed by atoms with van der Waals surface area (Å²) >= 11 is 5.00. The van der Waals surface area contributed by atoms with Crippen molar-refractivity contribution in [3.8, 4) is 0 Å². The largest absolute Gasteiger partial charge is 0.298 e. The van der Waals surface area contributed by atoms with Gasteiger partial charge >= 0.3 is 0 Å². The summed E-state index contributed by atoms with van der Waals surface area (Å²) in [6.45, 7) is 1.58. The van der Waals surface area contributed by atoms with Crippen molar-refractivity contribution in [2.45, 2.75) is 6.92 Å². The number of para-hydroxylation sites is 1. The molecule has 9 heteroatoms. The SMILES string of the molecule is Cc1ccc(/C=C2\C(=O)NC(=S)N(c3ccccc3F)C2=O)cc1[N+](=O)[O-]. The van der Waals surface area contributed by atoms with E-state index in [1.807, 2.05) is 0 Å². The second kappa shape index (κ2) is 7.04. The number of hydrogen-bond acceptors (Lipinski definition) is 5. The van der Waals surface area contributed by atoms with Crippen LogP contribution < -0.4 is 10.2 Å². The number of halogens is 1. The summed E-state index contributed by atoms with van der Waals surface area (Å²) in [5, 5.41) is 13.2. The van der Waals surface area contributed by atoms with E-state index in [0.29, 0.717) is 5.56 Å². The van der Waals surface area contributed by atoms with Crippen molar-refractivity contribution < 1.29 is 18.9 Å². The van der Waals surface area contributed by atoms with Crippen LogP contribution in [0.5, 0.6) is 0 Å². The first kappa shape index (κ1) is 18.3. The number of benzene rings is 2. The molecule has 1 N–H and O–H groups in total. The van der Waals surface area contributed by atoms with E-state index >= 15 is 0 Å². The highest BCUT2D eigenvalue weighted by atomic mass is 32.1. The molecule has 1 saturated heterocycles. The van der Waals surface area contributed by atoms with Gasteiger partial charge in [0.1, 0.15) is 11.4 Å². The summed E-state index contributed by atoms with van der Waals surface area (Å²) in [7, 11) is 0. The maximum absolute atomic E-state index is 14.1. The molecule has 0 unspecified atom stereocenters. The lowest BCUT2D eigenvalue weighted by Crippen LogP contribution is -2.54. The molecule has 1 aliphatic heterocycles. The number of carbonyl (C=O) groups excluding carboxylic acids is 2. The molecule has 2 amide bonds. The quantitative estimate of drug-likeness (QED) is 0.288. The Morgan fingerprint density at radius 3 is 2.59 bits per heavy atom. The van der Waals surface area contributed by atoms with E-state index < -0.39 is 22.6 Å². The highest BCUT2D eigenvalue weighted by Gasteiger charge is 2.35. The molecule has 136 valence electrons. The van der Waals surface area contributed by atoms with Crippen LogP contribution in [0.15, 0.2) is 48.0 Å². The predicted molar refractivity (Wildman–Crippen MR) is 100 cm³/mol. The number of anilines is 1. The van der Waals surface area contributed by atoms with Gasteiger partial charge in [-0.3, -0.25) is 25.0 Å². The molecule has 0 radical (unpaired) electrons. The van der Waals surface area contributed by atoms with Gasteiger partial charge in [-0.25, -0.2) is 9.29 Å². The van der Waals surface area contributed by atoms with E-state index in [4.69, 9.17) is 12.2 Å². The summed E-state index contributed by atoms with van der Waals surface area (Å²) in [5.41, 5.74) is 0.163. The number of thiocarbonyl (C=S) groups is 1. The average Bonchev–Trinajstić information content (AvgIpc) is 2.61. The molecule has 0 atom stereocenters. The first-order valence-electron chi connectivity index (χ1n) is 7.70. The highest BCUT2D eigenvalue weighted by molar-refractivity contribution is 7.80. The molecule has 7 nitrogen and oxygen atoms in total. The Morgan fingerprint density at radius 2 is 1.93 bits per heavy atom. The summed E-state index contributed by atoms with van der Waals surface area (Å²) in [4.78, 5) is 36.4. The molecular weight excluding hydrogens is 373 g/mol. The van der Waals surface area contributed by atoms with Gasteiger partial charge in [-0.1, -0.05) is 24.3 Å². The van der Waals surface area contributed by atoms with E-state index in [2.05, 4.69) is 5.32 Å². The summed E-state index contributed by atoms with van der Waals surface area (Å²) in [6.07, 6.45) is 1.21. The minimum absolute atomic E-state index is 0.103. The molecule has 0 aliphatic carbocycles. The van der Waals surface area contributed by atoms with E-state index in [1.54, 1.807) is 6.92 Å². The van der Waals surface area contributed by atoms with E-state index in [1.165, 1.54) is 42.5 Å². The zero-order chi connectivity index (χ0) is 19.7. The van der Waals surface area contributed by atoms with Gasteiger partial charge in [-0.2, -0.15) is 0 Å². The molecule has 0 aromatic heterocycles. The summed E-state index contributed by atoms with van der Waals surface area (Å²) in [6, 6.07) is 9.79. The fourth-order valence-corrected chi connectivity index (χ4v) is 2.86. The Labute approximate surface area is 158 Å². The molecule has 0 saturated carbocycles. The maximum Gasteiger partial charge on any atom is 0.272 e. The third-order valence-electron chi connectivity index (χ3n) is 3.94. The van der Waals surface area contributed by atoms with Crippen molar-refractivity contribution in [3.05, 3.63) is 75.1 Å². The fourth-order valence-electron chi connectivity index (χ4n) is 2.59. The number of carbonyl (C=O) groups is 2. The van der Waals surface area contributed by atoms with Crippen molar-refractivity contribution in [1.29, 1.82) is 0 Å². The van der Waals surface area contributed by atoms with Gasteiger partial charge < -0.3 is 0 Å². The molecule has 1 aliphatic rings. The van der Waals surface area contributed by atoms with Crippen molar-refractivity contribution >= 4 is 46.6 Å². The maximum atomic E-state index is 14.1. The Hall–Kier alpha value is -3.46. The topological polar surface area (TPSA) is 92.6 Å². The molecule has 1 fully saturated rings. The van der Waals surface area contributed by atoms with Crippen molar-refractivity contribution in [2.24, 2.45) is 0 Å².